The summed E-state index contributed by atoms with van der Waals surface area (Å²) in [6.07, 6.45) is 62.3. The number of unbranched alkanes of at least 4 members (excludes halogenated alkanes) is 5. The Labute approximate surface area is 366 Å². The Morgan fingerprint density at radius 3 is 1.47 bits per heavy atom. The van der Waals surface area contributed by atoms with Crippen LogP contribution in [0.4, 0.5) is 0 Å². The molecule has 0 radical (unpaired) electrons. The van der Waals surface area contributed by atoms with E-state index in [9.17, 15) is 19.4 Å². The largest absolute Gasteiger partial charge is 0.756 e. The summed E-state index contributed by atoms with van der Waals surface area (Å²) in [6, 6.07) is -0.942. The second kappa shape index (κ2) is 41.0. The summed E-state index contributed by atoms with van der Waals surface area (Å²) >= 11 is 0. The molecule has 0 fully saturated rings. The Hall–Kier alpha value is -3.36. The third-order valence-corrected chi connectivity index (χ3v) is 9.77. The first-order valence-electron chi connectivity index (χ1n) is 22.5. The van der Waals surface area contributed by atoms with Gasteiger partial charge < -0.3 is 28.8 Å². The van der Waals surface area contributed by atoms with Crippen LogP contribution in [0.5, 0.6) is 0 Å². The number of nitrogens with one attached hydrogen (secondary N) is 1. The van der Waals surface area contributed by atoms with Crippen LogP contribution in [-0.2, 0) is 18.4 Å². The lowest BCUT2D eigenvalue weighted by molar-refractivity contribution is -0.870. The molecular weight excluding hydrogens is 768 g/mol. The lowest BCUT2D eigenvalue weighted by atomic mass is 10.1. The van der Waals surface area contributed by atoms with Gasteiger partial charge in [-0.3, -0.25) is 9.36 Å². The SMILES string of the molecule is CC/C=C\C/C=C\C/C=C\C/C=C\C/C=C\C/C=C\C/C=C\C/C=C\CCCCC(=O)NC(COP(=O)([O-])OCC[N+](C)(C)C)C(O)/C=C/CC/C=C/CC/C=C/CCC. The van der Waals surface area contributed by atoms with E-state index in [1.165, 1.54) is 0 Å². The van der Waals surface area contributed by atoms with Gasteiger partial charge in [-0.2, -0.15) is 0 Å². The molecule has 0 aliphatic heterocycles. The molecule has 0 aliphatic carbocycles. The van der Waals surface area contributed by atoms with Crippen LogP contribution >= 0.6 is 7.82 Å². The van der Waals surface area contributed by atoms with Crippen LogP contribution in [0.15, 0.2) is 134 Å². The molecule has 1 amide bonds. The number of allylic oxidation sites excluding steroid dienone is 21. The molecule has 3 unspecified atom stereocenters. The van der Waals surface area contributed by atoms with Crippen LogP contribution < -0.4 is 10.2 Å². The summed E-state index contributed by atoms with van der Waals surface area (Å²) < 4.78 is 23.1. The first-order chi connectivity index (χ1) is 29.0. The molecule has 0 aromatic carbocycles. The minimum absolute atomic E-state index is 0.0264. The zero-order chi connectivity index (χ0) is 44.3. The molecule has 0 spiro atoms. The van der Waals surface area contributed by atoms with Crippen molar-refractivity contribution in [3.8, 4) is 0 Å². The maximum atomic E-state index is 12.8. The zero-order valence-corrected chi connectivity index (χ0v) is 39.0. The van der Waals surface area contributed by atoms with E-state index in [0.29, 0.717) is 23.9 Å². The number of rotatable bonds is 38. The number of nitrogens with zero attached hydrogens (tertiary/aromatic N) is 1. The number of carbonyl (C=O) groups excluding carboxylic acids is 1. The highest BCUT2D eigenvalue weighted by Gasteiger charge is 2.23. The minimum Gasteiger partial charge on any atom is -0.756 e. The fourth-order valence-corrected chi connectivity index (χ4v) is 5.99. The van der Waals surface area contributed by atoms with Gasteiger partial charge >= 0.3 is 0 Å². The average molecular weight is 851 g/mol. The second-order valence-electron chi connectivity index (χ2n) is 15.6. The molecule has 8 nitrogen and oxygen atoms in total. The highest BCUT2D eigenvalue weighted by molar-refractivity contribution is 7.45. The maximum absolute atomic E-state index is 12.8. The van der Waals surface area contributed by atoms with E-state index in [2.05, 4.69) is 141 Å². The molecule has 60 heavy (non-hydrogen) atoms. The summed E-state index contributed by atoms with van der Waals surface area (Å²) in [6.45, 7) is 4.34. The lowest BCUT2D eigenvalue weighted by Gasteiger charge is -2.29. The molecule has 9 heteroatoms. The van der Waals surface area contributed by atoms with Crippen LogP contribution in [0.3, 0.4) is 0 Å². The Balaban J connectivity index is 4.47. The van der Waals surface area contributed by atoms with Crippen molar-refractivity contribution in [2.75, 3.05) is 40.9 Å². The number of aliphatic hydroxyl groups excluding tert-OH is 1. The first kappa shape index (κ1) is 56.6. The third kappa shape index (κ3) is 42.8. The molecule has 3 atom stereocenters. The van der Waals surface area contributed by atoms with Gasteiger partial charge in [-0.15, -0.1) is 0 Å². The Kier molecular flexibility index (Phi) is 38.7. The van der Waals surface area contributed by atoms with Gasteiger partial charge in [-0.05, 0) is 103 Å². The monoisotopic (exact) mass is 851 g/mol. The number of hydrogen-bond donors (Lipinski definition) is 2. The van der Waals surface area contributed by atoms with Crippen molar-refractivity contribution in [1.82, 2.24) is 5.32 Å². The topological polar surface area (TPSA) is 108 Å². The molecule has 0 bridgehead atoms. The van der Waals surface area contributed by atoms with Crippen molar-refractivity contribution in [2.24, 2.45) is 0 Å². The summed E-state index contributed by atoms with van der Waals surface area (Å²) in [4.78, 5) is 25.2. The molecule has 0 heterocycles. The predicted molar refractivity (Wildman–Crippen MR) is 255 cm³/mol. The van der Waals surface area contributed by atoms with Crippen molar-refractivity contribution in [3.05, 3.63) is 134 Å². The highest BCUT2D eigenvalue weighted by Crippen LogP contribution is 2.38. The number of amides is 1. The number of quaternary nitrogens is 1. The number of aliphatic hydroxyl groups is 1. The lowest BCUT2D eigenvalue weighted by Crippen LogP contribution is -2.45. The zero-order valence-electron chi connectivity index (χ0n) is 38.1. The van der Waals surface area contributed by atoms with Gasteiger partial charge in [0.05, 0.1) is 39.9 Å². The molecule has 0 aromatic rings. The van der Waals surface area contributed by atoms with E-state index in [0.717, 1.165) is 96.3 Å². The van der Waals surface area contributed by atoms with Gasteiger partial charge in [0.15, 0.2) is 0 Å². The minimum atomic E-state index is -4.62. The van der Waals surface area contributed by atoms with E-state index in [4.69, 9.17) is 9.05 Å². The Morgan fingerprint density at radius 2 is 1.02 bits per heavy atom. The van der Waals surface area contributed by atoms with Crippen LogP contribution in [0.25, 0.3) is 0 Å². The van der Waals surface area contributed by atoms with Crippen LogP contribution in [0, 0.1) is 0 Å². The van der Waals surface area contributed by atoms with Gasteiger partial charge in [0.2, 0.25) is 5.91 Å². The predicted octanol–water partition coefficient (Wildman–Crippen LogP) is 12.2. The highest BCUT2D eigenvalue weighted by atomic mass is 31.2. The number of hydrogen-bond acceptors (Lipinski definition) is 6. The van der Waals surface area contributed by atoms with E-state index in [1.807, 2.05) is 27.2 Å². The van der Waals surface area contributed by atoms with Gasteiger partial charge in [0.25, 0.3) is 7.82 Å². The van der Waals surface area contributed by atoms with Crippen LogP contribution in [-0.4, -0.2) is 68.5 Å². The Morgan fingerprint density at radius 1 is 0.600 bits per heavy atom. The average Bonchev–Trinajstić information content (AvgIpc) is 3.20. The van der Waals surface area contributed by atoms with Crippen molar-refractivity contribution in [1.29, 1.82) is 0 Å². The van der Waals surface area contributed by atoms with E-state index < -0.39 is 26.6 Å². The van der Waals surface area contributed by atoms with Crippen LogP contribution in [0.2, 0.25) is 0 Å². The van der Waals surface area contributed by atoms with Crippen LogP contribution in [0.1, 0.15) is 129 Å². The second-order valence-corrected chi connectivity index (χ2v) is 17.1. The maximum Gasteiger partial charge on any atom is 0.268 e. The summed E-state index contributed by atoms with van der Waals surface area (Å²) in [5.41, 5.74) is 0. The number of carbonyl (C=O) groups is 1. The van der Waals surface area contributed by atoms with Gasteiger partial charge in [-0.25, -0.2) is 0 Å². The summed E-state index contributed by atoms with van der Waals surface area (Å²) in [5, 5.41) is 13.7. The first-order valence-corrected chi connectivity index (χ1v) is 24.0. The van der Waals surface area contributed by atoms with E-state index in [-0.39, 0.29) is 18.9 Å². The summed E-state index contributed by atoms with van der Waals surface area (Å²) in [7, 11) is 1.17. The standard InChI is InChI=1S/C51H83N2O6P/c1-6-8-10-12-14-16-18-19-20-21-22-23-24-25-26-27-28-29-30-31-32-33-35-37-39-41-43-45-51(55)52-49(48-59-60(56,57)58-47-46-53(3,4)5)50(54)44-42-40-38-36-34-17-15-13-11-9-7-2/h8,10-11,13-14,16,19-20,22-23,25-26,28-29,31-32,34-37,42,44,49-50,54H,6-7,9,12,15,17-18,21,24,27,30,33,38-41,43,45-48H2,1-5H3,(H-,52,55,56,57)/b10-8-,13-11+,16-14-,20-19-,23-22-,26-25-,29-28-,32-31-,36-34+,37-35-,44-42+. The van der Waals surface area contributed by atoms with Crippen molar-refractivity contribution in [3.63, 3.8) is 0 Å². The number of phosphoric ester groups is 1. The fraction of sp³-hybridized carbons (Fsp3) is 0.549. The van der Waals surface area contributed by atoms with E-state index in [1.54, 1.807) is 6.08 Å². The molecule has 0 saturated heterocycles. The Bertz CT molecular complexity index is 1430. The molecule has 0 rings (SSSR count). The quantitative estimate of drug-likeness (QED) is 0.0277. The molecule has 0 saturated carbocycles. The van der Waals surface area contributed by atoms with Gasteiger partial charge in [0, 0.05) is 6.42 Å². The fourth-order valence-electron chi connectivity index (χ4n) is 5.26. The number of phosphoric acid groups is 1. The summed E-state index contributed by atoms with van der Waals surface area (Å²) in [5.74, 6) is -0.264. The molecular formula is C51H83N2O6P. The molecule has 338 valence electrons. The van der Waals surface area contributed by atoms with Gasteiger partial charge in [0.1, 0.15) is 13.2 Å². The van der Waals surface area contributed by atoms with E-state index >= 15 is 0 Å². The van der Waals surface area contributed by atoms with Gasteiger partial charge in [-0.1, -0.05) is 154 Å². The van der Waals surface area contributed by atoms with Crippen molar-refractivity contribution in [2.45, 2.75) is 142 Å². The smallest absolute Gasteiger partial charge is 0.268 e. The third-order valence-electron chi connectivity index (χ3n) is 8.80. The normalized spacial score (nSPS) is 15.5. The number of likely N-dealkylation sites (N-methyl/N-ethyl adjacent to an activating group) is 1. The van der Waals surface area contributed by atoms with Crippen molar-refractivity contribution >= 4 is 13.7 Å². The molecule has 0 aromatic heterocycles. The molecule has 0 aliphatic rings. The molecule has 2 N–H and O–H groups in total. The van der Waals surface area contributed by atoms with Crippen molar-refractivity contribution < 1.29 is 32.9 Å².